The van der Waals surface area contributed by atoms with Crippen LogP contribution >= 0.6 is 11.3 Å². The molecule has 27 heavy (non-hydrogen) atoms. The normalized spacial score (nSPS) is 12.3. The summed E-state index contributed by atoms with van der Waals surface area (Å²) >= 11 is 1.06. The molecule has 7 nitrogen and oxygen atoms in total. The molecule has 0 amide bonds. The van der Waals surface area contributed by atoms with E-state index < -0.39 is 16.6 Å². The van der Waals surface area contributed by atoms with Crippen LogP contribution in [0.3, 0.4) is 0 Å². The van der Waals surface area contributed by atoms with E-state index in [-0.39, 0.29) is 16.5 Å². The quantitative estimate of drug-likeness (QED) is 0.450. The van der Waals surface area contributed by atoms with Gasteiger partial charge in [-0.15, -0.1) is 11.3 Å². The van der Waals surface area contributed by atoms with Gasteiger partial charge in [0.25, 0.3) is 0 Å². The lowest BCUT2D eigenvalue weighted by molar-refractivity contribution is -0.0504. The fraction of sp³-hybridized carbons (Fsp3) is 0.312. The standard InChI is InChI=1S/C16H20F2N4O3S2/c1-2-20-16(22-10-12-7-8-14(26-12)27(19,23)24)21-9-11-5-3-4-6-13(11)25-15(17)18/h3-8,15H,2,9-10H2,1H3,(H2,19,23,24)(H2,20,21,22). The number of nitrogens with two attached hydrogens (primary N) is 1. The fourth-order valence-electron chi connectivity index (χ4n) is 2.13. The molecule has 2 rings (SSSR count). The SMILES string of the molecule is CCNC(=NCc1ccccc1OC(F)F)NCc1ccc(S(N)(=O)=O)s1. The fourth-order valence-corrected chi connectivity index (χ4v) is 3.85. The Balaban J connectivity index is 2.05. The van der Waals surface area contributed by atoms with Crippen LogP contribution in [0.25, 0.3) is 0 Å². The van der Waals surface area contributed by atoms with Crippen molar-refractivity contribution in [2.75, 3.05) is 6.54 Å². The van der Waals surface area contributed by atoms with E-state index in [4.69, 9.17) is 5.14 Å². The molecular weight excluding hydrogens is 398 g/mol. The van der Waals surface area contributed by atoms with Crippen molar-refractivity contribution in [3.63, 3.8) is 0 Å². The molecule has 1 aromatic heterocycles. The largest absolute Gasteiger partial charge is 0.434 e. The molecule has 0 aliphatic heterocycles. The van der Waals surface area contributed by atoms with Crippen LogP contribution in [0.1, 0.15) is 17.4 Å². The predicted molar refractivity (Wildman–Crippen MR) is 100 cm³/mol. The summed E-state index contributed by atoms with van der Waals surface area (Å²) in [5.41, 5.74) is 0.516. The van der Waals surface area contributed by atoms with Gasteiger partial charge in [0.2, 0.25) is 10.0 Å². The van der Waals surface area contributed by atoms with Crippen LogP contribution in [0.4, 0.5) is 8.78 Å². The Kier molecular flexibility index (Phi) is 7.51. The molecule has 0 saturated carbocycles. The van der Waals surface area contributed by atoms with Gasteiger partial charge >= 0.3 is 6.61 Å². The molecule has 1 heterocycles. The smallest absolute Gasteiger partial charge is 0.387 e. The lowest BCUT2D eigenvalue weighted by atomic mass is 10.2. The van der Waals surface area contributed by atoms with Gasteiger partial charge < -0.3 is 15.4 Å². The Morgan fingerprint density at radius 3 is 2.63 bits per heavy atom. The molecule has 0 unspecified atom stereocenters. The first-order chi connectivity index (χ1) is 12.8. The van der Waals surface area contributed by atoms with Crippen LogP contribution in [-0.2, 0) is 23.1 Å². The Labute approximate surface area is 160 Å². The molecule has 148 valence electrons. The molecular formula is C16H20F2N4O3S2. The van der Waals surface area contributed by atoms with Crippen LogP contribution in [0.2, 0.25) is 0 Å². The third kappa shape index (κ3) is 6.77. The molecule has 0 atom stereocenters. The lowest BCUT2D eigenvalue weighted by Gasteiger charge is -2.12. The highest BCUT2D eigenvalue weighted by Gasteiger charge is 2.12. The highest BCUT2D eigenvalue weighted by Crippen LogP contribution is 2.21. The second-order valence-electron chi connectivity index (χ2n) is 5.30. The van der Waals surface area contributed by atoms with Gasteiger partial charge in [-0.05, 0) is 25.1 Å². The second kappa shape index (κ2) is 9.62. The summed E-state index contributed by atoms with van der Waals surface area (Å²) in [4.78, 5) is 5.11. The van der Waals surface area contributed by atoms with E-state index in [1.165, 1.54) is 12.1 Å². The summed E-state index contributed by atoms with van der Waals surface area (Å²) in [5, 5.41) is 11.2. The molecule has 0 aliphatic carbocycles. The first-order valence-corrected chi connectivity index (χ1v) is 10.3. The number of alkyl halides is 2. The van der Waals surface area contributed by atoms with Gasteiger partial charge in [-0.3, -0.25) is 0 Å². The lowest BCUT2D eigenvalue weighted by Crippen LogP contribution is -2.36. The van der Waals surface area contributed by atoms with E-state index in [2.05, 4.69) is 20.4 Å². The van der Waals surface area contributed by atoms with Crippen LogP contribution < -0.4 is 20.5 Å². The summed E-state index contributed by atoms with van der Waals surface area (Å²) in [6.45, 7) is 0.0310. The minimum Gasteiger partial charge on any atom is -0.434 e. The number of rotatable bonds is 8. The van der Waals surface area contributed by atoms with Gasteiger partial charge in [0, 0.05) is 17.0 Å². The number of guanidine groups is 1. The maximum Gasteiger partial charge on any atom is 0.387 e. The third-order valence-electron chi connectivity index (χ3n) is 3.29. The van der Waals surface area contributed by atoms with Gasteiger partial charge in [-0.2, -0.15) is 8.78 Å². The molecule has 1 aromatic carbocycles. The van der Waals surface area contributed by atoms with E-state index in [1.807, 2.05) is 6.92 Å². The van der Waals surface area contributed by atoms with E-state index in [9.17, 15) is 17.2 Å². The summed E-state index contributed by atoms with van der Waals surface area (Å²) in [6, 6.07) is 9.53. The maximum absolute atomic E-state index is 12.5. The van der Waals surface area contributed by atoms with E-state index in [0.717, 1.165) is 16.2 Å². The van der Waals surface area contributed by atoms with Crippen LogP contribution in [0.15, 0.2) is 45.6 Å². The Morgan fingerprint density at radius 2 is 2.00 bits per heavy atom. The van der Waals surface area contributed by atoms with E-state index in [0.29, 0.717) is 24.6 Å². The molecule has 0 aliphatic rings. The van der Waals surface area contributed by atoms with Gasteiger partial charge in [-0.25, -0.2) is 18.5 Å². The summed E-state index contributed by atoms with van der Waals surface area (Å²) < 4.78 is 52.2. The van der Waals surface area contributed by atoms with Gasteiger partial charge in [0.1, 0.15) is 9.96 Å². The zero-order valence-corrected chi connectivity index (χ0v) is 16.1. The number of halogens is 2. The minimum absolute atomic E-state index is 0.0724. The van der Waals surface area contributed by atoms with Crippen molar-refractivity contribution in [2.45, 2.75) is 30.8 Å². The van der Waals surface area contributed by atoms with Crippen LogP contribution in [-0.4, -0.2) is 27.5 Å². The van der Waals surface area contributed by atoms with Crippen molar-refractivity contribution < 1.29 is 21.9 Å². The summed E-state index contributed by atoms with van der Waals surface area (Å²) in [7, 11) is -3.72. The van der Waals surface area contributed by atoms with Gasteiger partial charge in [-0.1, -0.05) is 18.2 Å². The average Bonchev–Trinajstić information content (AvgIpc) is 3.07. The molecule has 2 aromatic rings. The maximum atomic E-state index is 12.5. The Bertz CT molecular complexity index is 885. The number of benzene rings is 1. The number of para-hydroxylation sites is 1. The molecule has 0 fully saturated rings. The zero-order valence-electron chi connectivity index (χ0n) is 14.5. The highest BCUT2D eigenvalue weighted by molar-refractivity contribution is 7.91. The third-order valence-corrected chi connectivity index (χ3v) is 5.81. The Hall–Kier alpha value is -2.24. The topological polar surface area (TPSA) is 106 Å². The number of thiophene rings is 1. The van der Waals surface area contributed by atoms with Crippen molar-refractivity contribution in [2.24, 2.45) is 10.1 Å². The zero-order chi connectivity index (χ0) is 19.9. The molecule has 0 bridgehead atoms. The number of sulfonamides is 1. The van der Waals surface area contributed by atoms with Crippen molar-refractivity contribution in [3.05, 3.63) is 46.8 Å². The van der Waals surface area contributed by atoms with Crippen molar-refractivity contribution in [1.82, 2.24) is 10.6 Å². The molecule has 11 heteroatoms. The predicted octanol–water partition coefficient (Wildman–Crippen LogP) is 2.25. The summed E-state index contributed by atoms with van der Waals surface area (Å²) in [6.07, 6.45) is 0. The molecule has 0 spiro atoms. The van der Waals surface area contributed by atoms with Crippen LogP contribution in [0, 0.1) is 0 Å². The number of ether oxygens (including phenoxy) is 1. The van der Waals surface area contributed by atoms with Gasteiger partial charge in [0.05, 0.1) is 13.1 Å². The molecule has 0 saturated heterocycles. The summed E-state index contributed by atoms with van der Waals surface area (Å²) in [5.74, 6) is 0.526. The molecule has 0 radical (unpaired) electrons. The number of nitrogens with one attached hydrogen (secondary N) is 2. The second-order valence-corrected chi connectivity index (χ2v) is 8.26. The first-order valence-electron chi connectivity index (χ1n) is 7.96. The number of hydrogen-bond acceptors (Lipinski definition) is 5. The number of hydrogen-bond donors (Lipinski definition) is 3. The number of aliphatic imine (C=N–C) groups is 1. The molecule has 4 N–H and O–H groups in total. The van der Waals surface area contributed by atoms with E-state index in [1.54, 1.807) is 24.3 Å². The average molecular weight is 418 g/mol. The van der Waals surface area contributed by atoms with Crippen molar-refractivity contribution >= 4 is 27.3 Å². The monoisotopic (exact) mass is 418 g/mol. The van der Waals surface area contributed by atoms with Gasteiger partial charge in [0.15, 0.2) is 5.96 Å². The highest BCUT2D eigenvalue weighted by atomic mass is 32.2. The van der Waals surface area contributed by atoms with E-state index >= 15 is 0 Å². The van der Waals surface area contributed by atoms with Crippen molar-refractivity contribution in [3.8, 4) is 5.75 Å². The number of primary sulfonamides is 1. The minimum atomic E-state index is -3.72. The van der Waals surface area contributed by atoms with Crippen LogP contribution in [0.5, 0.6) is 5.75 Å². The first kappa shape index (κ1) is 21.1. The van der Waals surface area contributed by atoms with Crippen molar-refractivity contribution in [1.29, 1.82) is 0 Å². The number of nitrogens with zero attached hydrogens (tertiary/aromatic N) is 1. The Morgan fingerprint density at radius 1 is 1.26 bits per heavy atom.